The van der Waals surface area contributed by atoms with Crippen LogP contribution < -0.4 is 10.3 Å². The molecule has 0 atom stereocenters. The molecule has 0 fully saturated rings. The van der Waals surface area contributed by atoms with Gasteiger partial charge in [-0.3, -0.25) is 4.79 Å². The van der Waals surface area contributed by atoms with E-state index in [-0.39, 0.29) is 10.6 Å². The summed E-state index contributed by atoms with van der Waals surface area (Å²) in [6.07, 6.45) is 1.47. The minimum atomic E-state index is -0.394. The summed E-state index contributed by atoms with van der Waals surface area (Å²) in [5, 5.41) is 4.79. The number of nitrogens with zero attached hydrogens (tertiary/aromatic N) is 2. The van der Waals surface area contributed by atoms with Crippen LogP contribution in [0, 0.1) is 0 Å². The van der Waals surface area contributed by atoms with Crippen LogP contribution in [0.5, 0.6) is 5.75 Å². The first kappa shape index (κ1) is 13.5. The Bertz CT molecular complexity index is 426. The van der Waals surface area contributed by atoms with Crippen LogP contribution >= 0.6 is 27.5 Å². The lowest BCUT2D eigenvalue weighted by atomic mass is 10.1. The topological polar surface area (TPSA) is 44.1 Å². The number of aromatic nitrogens is 2. The van der Waals surface area contributed by atoms with Gasteiger partial charge in [0.1, 0.15) is 0 Å². The largest absolute Gasteiger partial charge is 0.489 e. The number of hydrogen-bond acceptors (Lipinski definition) is 3. The van der Waals surface area contributed by atoms with Crippen LogP contribution in [0.2, 0.25) is 5.02 Å². The molecule has 0 aliphatic rings. The Kier molecular flexibility index (Phi) is 4.38. The van der Waals surface area contributed by atoms with Gasteiger partial charge >= 0.3 is 0 Å². The van der Waals surface area contributed by atoms with Gasteiger partial charge in [-0.2, -0.15) is 5.10 Å². The number of hydrogen-bond donors (Lipinski definition) is 0. The van der Waals surface area contributed by atoms with Gasteiger partial charge in [-0.15, -0.1) is 0 Å². The number of rotatable bonds is 3. The molecule has 4 nitrogen and oxygen atoms in total. The third-order valence-corrected chi connectivity index (χ3v) is 2.53. The summed E-state index contributed by atoms with van der Waals surface area (Å²) >= 11 is 9.15. The summed E-state index contributed by atoms with van der Waals surface area (Å²) in [4.78, 5) is 11.9. The lowest BCUT2D eigenvalue weighted by Gasteiger charge is -2.21. The molecule has 0 N–H and O–H groups in total. The Hall–Kier alpha value is -0.550. The maximum absolute atomic E-state index is 11.9. The third kappa shape index (κ3) is 2.98. The first-order valence-corrected chi connectivity index (χ1v) is 6.35. The van der Waals surface area contributed by atoms with Gasteiger partial charge in [0.25, 0.3) is 5.56 Å². The molecule has 0 saturated carbocycles. The molecular formula is C10H14BrClN2O2. The monoisotopic (exact) mass is 308 g/mol. The molecule has 0 spiro atoms. The zero-order valence-electron chi connectivity index (χ0n) is 9.46. The molecule has 16 heavy (non-hydrogen) atoms. The van der Waals surface area contributed by atoms with Gasteiger partial charge in [0, 0.05) is 5.33 Å². The molecule has 1 rings (SSSR count). The zero-order valence-corrected chi connectivity index (χ0v) is 11.8. The second-order valence-electron chi connectivity index (χ2n) is 4.25. The van der Waals surface area contributed by atoms with Gasteiger partial charge in [-0.25, -0.2) is 4.68 Å². The molecule has 0 amide bonds. The molecule has 1 aromatic rings. The Labute approximate surface area is 108 Å². The highest BCUT2D eigenvalue weighted by atomic mass is 79.9. The van der Waals surface area contributed by atoms with Crippen molar-refractivity contribution in [1.29, 1.82) is 0 Å². The van der Waals surface area contributed by atoms with Crippen LogP contribution in [-0.2, 0) is 5.54 Å². The standard InChI is InChI=1S/C10H14BrClN2O2/c1-10(2,3)14-9(15)8(12)7(6-13-14)16-5-4-11/h6H,4-5H2,1-3H3. The van der Waals surface area contributed by atoms with Gasteiger partial charge < -0.3 is 4.74 Å². The summed E-state index contributed by atoms with van der Waals surface area (Å²) in [5.74, 6) is 0.326. The molecule has 6 heteroatoms. The SMILES string of the molecule is CC(C)(C)n1ncc(OCCBr)c(Cl)c1=O. The smallest absolute Gasteiger partial charge is 0.289 e. The average Bonchev–Trinajstić information content (AvgIpc) is 2.18. The van der Waals surface area contributed by atoms with Crippen molar-refractivity contribution in [2.75, 3.05) is 11.9 Å². The molecule has 1 heterocycles. The Morgan fingerprint density at radius 3 is 2.69 bits per heavy atom. The third-order valence-electron chi connectivity index (χ3n) is 1.86. The minimum absolute atomic E-state index is 0.0749. The fourth-order valence-corrected chi connectivity index (χ4v) is 1.49. The van der Waals surface area contributed by atoms with Crippen molar-refractivity contribution < 1.29 is 4.74 Å². The second kappa shape index (κ2) is 5.19. The van der Waals surface area contributed by atoms with Crippen LogP contribution in [0.25, 0.3) is 0 Å². The van der Waals surface area contributed by atoms with E-state index in [1.54, 1.807) is 0 Å². The van der Waals surface area contributed by atoms with E-state index in [1.165, 1.54) is 10.9 Å². The molecule has 0 unspecified atom stereocenters. The molecule has 0 radical (unpaired) electrons. The lowest BCUT2D eigenvalue weighted by molar-refractivity contribution is 0.315. The summed E-state index contributed by atoms with van der Waals surface area (Å²) in [7, 11) is 0. The Balaban J connectivity index is 3.14. The van der Waals surface area contributed by atoms with Crippen LogP contribution in [0.4, 0.5) is 0 Å². The molecule has 0 saturated heterocycles. The normalized spacial score (nSPS) is 11.6. The molecule has 1 aromatic heterocycles. The highest BCUT2D eigenvalue weighted by Crippen LogP contribution is 2.20. The van der Waals surface area contributed by atoms with Crippen molar-refractivity contribution in [3.05, 3.63) is 21.6 Å². The maximum Gasteiger partial charge on any atom is 0.289 e. The van der Waals surface area contributed by atoms with E-state index in [4.69, 9.17) is 16.3 Å². The number of alkyl halides is 1. The van der Waals surface area contributed by atoms with E-state index < -0.39 is 5.54 Å². The summed E-state index contributed by atoms with van der Waals surface area (Å²) < 4.78 is 6.62. The van der Waals surface area contributed by atoms with E-state index in [9.17, 15) is 4.79 Å². The predicted octanol–water partition coefficient (Wildman–Crippen LogP) is 2.43. The van der Waals surface area contributed by atoms with Crippen LogP contribution in [-0.4, -0.2) is 21.7 Å². The predicted molar refractivity (Wildman–Crippen MR) is 67.8 cm³/mol. The quantitative estimate of drug-likeness (QED) is 0.806. The Morgan fingerprint density at radius 2 is 2.19 bits per heavy atom. The van der Waals surface area contributed by atoms with Gasteiger partial charge in [0.15, 0.2) is 10.8 Å². The van der Waals surface area contributed by atoms with Gasteiger partial charge in [0.2, 0.25) is 0 Å². The van der Waals surface area contributed by atoms with Gasteiger partial charge in [0.05, 0.1) is 18.3 Å². The summed E-state index contributed by atoms with van der Waals surface area (Å²) in [6, 6.07) is 0. The lowest BCUT2D eigenvalue weighted by Crippen LogP contribution is -2.36. The second-order valence-corrected chi connectivity index (χ2v) is 5.42. The zero-order chi connectivity index (χ0) is 12.3. The first-order valence-electron chi connectivity index (χ1n) is 4.85. The highest BCUT2D eigenvalue weighted by Gasteiger charge is 2.19. The van der Waals surface area contributed by atoms with Crippen molar-refractivity contribution in [2.24, 2.45) is 0 Å². The van der Waals surface area contributed by atoms with Gasteiger partial charge in [-0.1, -0.05) is 27.5 Å². The van der Waals surface area contributed by atoms with E-state index in [1.807, 2.05) is 20.8 Å². The summed E-state index contributed by atoms with van der Waals surface area (Å²) in [6.45, 7) is 6.10. The maximum atomic E-state index is 11.9. The summed E-state index contributed by atoms with van der Waals surface area (Å²) in [5.41, 5.74) is -0.726. The molecule has 0 aliphatic carbocycles. The van der Waals surface area contributed by atoms with Crippen molar-refractivity contribution in [1.82, 2.24) is 9.78 Å². The Morgan fingerprint density at radius 1 is 1.56 bits per heavy atom. The van der Waals surface area contributed by atoms with Crippen molar-refractivity contribution in [3.8, 4) is 5.75 Å². The van der Waals surface area contributed by atoms with Crippen LogP contribution in [0.1, 0.15) is 20.8 Å². The number of halogens is 2. The van der Waals surface area contributed by atoms with E-state index >= 15 is 0 Å². The molecule has 0 aliphatic heterocycles. The molecule has 90 valence electrons. The first-order chi connectivity index (χ1) is 7.38. The van der Waals surface area contributed by atoms with Crippen LogP contribution in [0.15, 0.2) is 11.0 Å². The van der Waals surface area contributed by atoms with Crippen molar-refractivity contribution in [3.63, 3.8) is 0 Å². The van der Waals surface area contributed by atoms with Crippen molar-refractivity contribution >= 4 is 27.5 Å². The number of ether oxygens (including phenoxy) is 1. The molecule has 0 bridgehead atoms. The van der Waals surface area contributed by atoms with Crippen molar-refractivity contribution in [2.45, 2.75) is 26.3 Å². The minimum Gasteiger partial charge on any atom is -0.489 e. The van der Waals surface area contributed by atoms with Crippen LogP contribution in [0.3, 0.4) is 0 Å². The molecular weight excluding hydrogens is 295 g/mol. The fourth-order valence-electron chi connectivity index (χ4n) is 1.14. The average molecular weight is 310 g/mol. The highest BCUT2D eigenvalue weighted by molar-refractivity contribution is 9.09. The fraction of sp³-hybridized carbons (Fsp3) is 0.600. The van der Waals surface area contributed by atoms with Gasteiger partial charge in [-0.05, 0) is 20.8 Å². The van der Waals surface area contributed by atoms with E-state index in [2.05, 4.69) is 21.0 Å². The van der Waals surface area contributed by atoms with E-state index in [0.717, 1.165) is 0 Å². The molecule has 0 aromatic carbocycles. The van der Waals surface area contributed by atoms with E-state index in [0.29, 0.717) is 17.7 Å².